The molecule has 2 saturated heterocycles. The van der Waals surface area contributed by atoms with Gasteiger partial charge in [0.25, 0.3) is 23.6 Å². The first kappa shape index (κ1) is 19.6. The minimum atomic E-state index is -0.291. The lowest BCUT2D eigenvalue weighted by molar-refractivity contribution is -0.484. The second kappa shape index (κ2) is 8.39. The Kier molecular flexibility index (Phi) is 6.83. The Morgan fingerprint density at radius 2 is 1.25 bits per heavy atom. The van der Waals surface area contributed by atoms with E-state index in [9.17, 15) is 19.2 Å². The molecule has 0 aromatic carbocycles. The third-order valence-corrected chi connectivity index (χ3v) is 3.13. The zero-order valence-electron chi connectivity index (χ0n) is 14.6. The van der Waals surface area contributed by atoms with Crippen molar-refractivity contribution in [2.24, 2.45) is 0 Å². The van der Waals surface area contributed by atoms with Gasteiger partial charge in [0, 0.05) is 25.7 Å². The van der Waals surface area contributed by atoms with Gasteiger partial charge in [0.15, 0.2) is 0 Å². The number of carbonyl (C=O) groups is 4. The molecule has 10 nitrogen and oxygen atoms in total. The van der Waals surface area contributed by atoms with E-state index in [2.05, 4.69) is 4.84 Å². The molecule has 24 heavy (non-hydrogen) atoms. The van der Waals surface area contributed by atoms with Crippen molar-refractivity contribution in [1.29, 1.82) is 0 Å². The van der Waals surface area contributed by atoms with Crippen LogP contribution in [0, 0.1) is 0 Å². The largest absolute Gasteiger partial charge is 0.470 e. The van der Waals surface area contributed by atoms with E-state index in [0.29, 0.717) is 6.02 Å². The number of carbonyl (C=O) groups excluding carboxylic acids is 4. The smallest absolute Gasteiger partial charge is 0.292 e. The Bertz CT molecular complexity index is 536. The van der Waals surface area contributed by atoms with Crippen LogP contribution < -0.4 is 0 Å². The van der Waals surface area contributed by atoms with E-state index >= 15 is 0 Å². The molecule has 2 fully saturated rings. The minimum Gasteiger partial charge on any atom is -0.292 e. The summed E-state index contributed by atoms with van der Waals surface area (Å²) >= 11 is 0. The topological polar surface area (TPSA) is 99.5 Å². The van der Waals surface area contributed by atoms with Crippen molar-refractivity contribution in [1.82, 2.24) is 15.0 Å². The van der Waals surface area contributed by atoms with Crippen LogP contribution in [0.4, 0.5) is 0 Å². The molecular weight excluding hydrogens is 320 g/mol. The molecule has 10 heteroatoms. The molecular formula is C14H23N4O6+. The third kappa shape index (κ3) is 4.75. The van der Waals surface area contributed by atoms with Crippen molar-refractivity contribution in [2.75, 3.05) is 35.3 Å². The maximum atomic E-state index is 11.3. The number of rotatable bonds is 2. The van der Waals surface area contributed by atoms with Gasteiger partial charge in [-0.05, 0) is 0 Å². The van der Waals surface area contributed by atoms with Gasteiger partial charge >= 0.3 is 6.02 Å². The van der Waals surface area contributed by atoms with E-state index in [1.807, 2.05) is 0 Å². The minimum absolute atomic E-state index is 0.229. The first-order valence-electron chi connectivity index (χ1n) is 7.34. The molecule has 0 N–H and O–H groups in total. The molecule has 0 aromatic heterocycles. The van der Waals surface area contributed by atoms with Crippen LogP contribution in [0.3, 0.4) is 0 Å². The van der Waals surface area contributed by atoms with E-state index in [0.717, 1.165) is 10.1 Å². The first-order chi connectivity index (χ1) is 11.2. The van der Waals surface area contributed by atoms with Crippen LogP contribution in [-0.4, -0.2) is 84.6 Å². The number of hydrogen-bond donors (Lipinski definition) is 0. The number of hydroxylamine groups is 4. The molecule has 4 amide bonds. The van der Waals surface area contributed by atoms with E-state index in [1.165, 1.54) is 7.11 Å². The van der Waals surface area contributed by atoms with Gasteiger partial charge in [0.05, 0.1) is 35.3 Å². The Morgan fingerprint density at radius 1 is 0.875 bits per heavy atom. The SMILES string of the molecule is CN(C)C(ON1C(=O)CCC1=O)=[N+](C)C.CON1C(=O)CCC1=O. The molecule has 2 aliphatic rings. The van der Waals surface area contributed by atoms with Gasteiger partial charge in [-0.25, -0.2) is 9.48 Å². The standard InChI is InChI=1S/C9H16N3O3.C5H7NO3/c1-10(2)9(11(3)4)15-12-7(13)5-6-8(12)14;1-9-6-4(7)2-3-5(6)8/h5-6H2,1-4H3;2-3H2,1H3/q+1;. The van der Waals surface area contributed by atoms with Crippen molar-refractivity contribution < 1.29 is 33.4 Å². The lowest BCUT2D eigenvalue weighted by Crippen LogP contribution is -2.41. The van der Waals surface area contributed by atoms with E-state index < -0.39 is 0 Å². The van der Waals surface area contributed by atoms with Crippen molar-refractivity contribution >= 4 is 29.7 Å². The van der Waals surface area contributed by atoms with Crippen LogP contribution in [0.15, 0.2) is 0 Å². The second-order valence-electron chi connectivity index (χ2n) is 5.51. The van der Waals surface area contributed by atoms with E-state index in [-0.39, 0.29) is 49.3 Å². The van der Waals surface area contributed by atoms with E-state index in [4.69, 9.17) is 4.84 Å². The maximum Gasteiger partial charge on any atom is 0.470 e. The van der Waals surface area contributed by atoms with Gasteiger partial charge in [0.2, 0.25) is 0 Å². The fourth-order valence-corrected chi connectivity index (χ4v) is 2.06. The van der Waals surface area contributed by atoms with Gasteiger partial charge in [-0.1, -0.05) is 5.06 Å². The molecule has 0 radical (unpaired) electrons. The molecule has 2 rings (SSSR count). The summed E-state index contributed by atoms with van der Waals surface area (Å²) in [6.45, 7) is 0. The summed E-state index contributed by atoms with van der Waals surface area (Å²) in [5.74, 6) is -1.08. The Morgan fingerprint density at radius 3 is 1.50 bits per heavy atom. The average Bonchev–Trinajstić information content (AvgIpc) is 2.99. The van der Waals surface area contributed by atoms with E-state index in [1.54, 1.807) is 37.7 Å². The lowest BCUT2D eigenvalue weighted by Gasteiger charge is -2.16. The maximum absolute atomic E-state index is 11.3. The fourth-order valence-electron chi connectivity index (χ4n) is 2.06. The molecule has 0 saturated carbocycles. The van der Waals surface area contributed by atoms with Crippen molar-refractivity contribution in [2.45, 2.75) is 25.7 Å². The summed E-state index contributed by atoms with van der Waals surface area (Å²) in [5, 5.41) is 1.62. The summed E-state index contributed by atoms with van der Waals surface area (Å²) in [6, 6.07) is 0.443. The molecule has 0 aromatic rings. The van der Waals surface area contributed by atoms with Gasteiger partial charge in [0.1, 0.15) is 0 Å². The Hall–Kier alpha value is -2.49. The zero-order valence-corrected chi connectivity index (χ0v) is 14.6. The fraction of sp³-hybridized carbons (Fsp3) is 0.643. The highest BCUT2D eigenvalue weighted by atomic mass is 16.7. The summed E-state index contributed by atoms with van der Waals surface area (Å²) in [4.78, 5) is 55.2. The van der Waals surface area contributed by atoms with Gasteiger partial charge < -0.3 is 0 Å². The number of amides is 4. The van der Waals surface area contributed by atoms with Gasteiger partial charge in [-0.15, -0.1) is 0 Å². The molecule has 0 atom stereocenters. The second-order valence-corrected chi connectivity index (χ2v) is 5.51. The summed E-state index contributed by atoms with van der Waals surface area (Å²) in [7, 11) is 8.42. The molecule has 134 valence electrons. The van der Waals surface area contributed by atoms with Crippen LogP contribution in [0.25, 0.3) is 0 Å². The highest BCUT2D eigenvalue weighted by Crippen LogP contribution is 2.12. The number of hydrogen-bond acceptors (Lipinski definition) is 6. The molecule has 0 spiro atoms. The number of amidine groups is 1. The Balaban J connectivity index is 0.000000272. The van der Waals surface area contributed by atoms with Crippen molar-refractivity contribution in [3.63, 3.8) is 0 Å². The molecule has 0 aliphatic carbocycles. The zero-order chi connectivity index (χ0) is 18.4. The quantitative estimate of drug-likeness (QED) is 0.273. The monoisotopic (exact) mass is 343 g/mol. The summed E-state index contributed by atoms with van der Waals surface area (Å²) in [5.41, 5.74) is 0. The predicted octanol–water partition coefficient (Wildman–Crippen LogP) is -1.05. The summed E-state index contributed by atoms with van der Waals surface area (Å²) in [6.07, 6.45) is 1.03. The summed E-state index contributed by atoms with van der Waals surface area (Å²) < 4.78 is 1.69. The molecule has 2 heterocycles. The van der Waals surface area contributed by atoms with Gasteiger partial charge in [-0.3, -0.25) is 28.9 Å². The van der Waals surface area contributed by atoms with Crippen LogP contribution in [0.1, 0.15) is 25.7 Å². The number of imide groups is 2. The normalized spacial score (nSPS) is 17.0. The van der Waals surface area contributed by atoms with Crippen molar-refractivity contribution in [3.8, 4) is 0 Å². The Labute approximate surface area is 140 Å². The molecule has 2 aliphatic heterocycles. The van der Waals surface area contributed by atoms with Crippen LogP contribution in [-0.2, 0) is 28.9 Å². The predicted molar refractivity (Wildman–Crippen MR) is 81.1 cm³/mol. The first-order valence-corrected chi connectivity index (χ1v) is 7.34. The molecule has 0 bridgehead atoms. The lowest BCUT2D eigenvalue weighted by atomic mass is 10.4. The highest BCUT2D eigenvalue weighted by Gasteiger charge is 2.34. The van der Waals surface area contributed by atoms with Crippen LogP contribution in [0.5, 0.6) is 0 Å². The third-order valence-electron chi connectivity index (χ3n) is 3.13. The van der Waals surface area contributed by atoms with Gasteiger partial charge in [-0.2, -0.15) is 5.06 Å². The average molecular weight is 343 g/mol. The van der Waals surface area contributed by atoms with Crippen LogP contribution in [0.2, 0.25) is 0 Å². The van der Waals surface area contributed by atoms with Crippen LogP contribution >= 0.6 is 0 Å². The molecule has 0 unspecified atom stereocenters. The van der Waals surface area contributed by atoms with Crippen molar-refractivity contribution in [3.05, 3.63) is 0 Å². The highest BCUT2D eigenvalue weighted by molar-refractivity contribution is 6.01. The number of nitrogens with zero attached hydrogens (tertiary/aromatic N) is 4.